The Morgan fingerprint density at radius 1 is 0.168 bits per heavy atom. The first-order valence-electron chi connectivity index (χ1n) is 46.4. The van der Waals surface area contributed by atoms with Crippen molar-refractivity contribution < 1.29 is 0 Å². The van der Waals surface area contributed by atoms with Crippen molar-refractivity contribution >= 4 is 128 Å². The first kappa shape index (κ1) is 78.8. The van der Waals surface area contributed by atoms with Gasteiger partial charge in [0, 0.05) is 67.6 Å². The summed E-state index contributed by atoms with van der Waals surface area (Å²) in [7, 11) is 0. The summed E-state index contributed by atoms with van der Waals surface area (Å²) in [4.78, 5) is 0. The third-order valence-electron chi connectivity index (χ3n) is 30.3. The maximum absolute atomic E-state index is 2.46. The Balaban J connectivity index is 0.000000106. The topological polar surface area (TPSA) is 0 Å². The van der Waals surface area contributed by atoms with Crippen LogP contribution in [0.3, 0.4) is 0 Å². The SMILES string of the molecule is Cc1ccc2c(-c3cccc4c3C(C)(C)c3ccccc3-4)c3ccccc3c(-c3ccc4c(c3)-c3ccccc3C4(C)C)c2c1.Cc1ccc2c(-c3cccc4c3sc3ccccc34)c3ccccc3c(-c3ccc4c(c3)-c3ccccc3C4(C)C)c2c1.Cc1ccc2c(-c3cccc4sc5ccccc5c34)c3ccccc3c(-c3ccc4c(c3)-c3ccccc3C4(C)C)c2c1. The molecule has 0 saturated heterocycles. The van der Waals surface area contributed by atoms with E-state index in [1.807, 2.05) is 22.7 Å². The lowest BCUT2D eigenvalue weighted by Gasteiger charge is -2.26. The van der Waals surface area contributed by atoms with Crippen molar-refractivity contribution in [2.24, 2.45) is 0 Å². The zero-order valence-corrected chi connectivity index (χ0v) is 77.3. The highest BCUT2D eigenvalue weighted by atomic mass is 32.1. The fourth-order valence-corrected chi connectivity index (χ4v) is 26.6. The fraction of sp³-hybridized carbons (Fsp3) is 0.116. The van der Waals surface area contributed by atoms with Gasteiger partial charge in [-0.25, -0.2) is 0 Å². The summed E-state index contributed by atoms with van der Waals surface area (Å²) >= 11 is 3.80. The number of hydrogen-bond acceptors (Lipinski definition) is 2. The molecule has 0 nitrogen and oxygen atoms in total. The average Bonchev–Trinajstić information content (AvgIpc) is 1.58. The van der Waals surface area contributed by atoms with E-state index in [1.54, 1.807) is 0 Å². The largest absolute Gasteiger partial charge is 0.135 e. The van der Waals surface area contributed by atoms with Crippen LogP contribution in [0.15, 0.2) is 382 Å². The molecule has 624 valence electrons. The standard InChI is InChI=1S/C45H36.2C42H30S/c1-27-21-23-33-37(25-27)41(28-22-24-40-36(26-28)30-14-9-10-19-38(30)44(40,2)3)31-15-6-7-16-32(31)42(33)35-18-12-17-34-29-13-8-11-20-39(29)45(4,5)43(34)35;1-25-19-21-31-35(23-25)39(26-20-22-37-34(24-26)27-11-6-8-17-36(27)42(37,2)3)29-13-4-5-14-30(29)40(31)33-16-10-15-32-28-12-7-9-18-38(28)43-41(32)33;1-25-19-21-30-34(23-25)39(26-20-22-36-33(24-26)27-11-6-8-16-35(27)42(36,2)3)28-12-4-5-13-29(28)40(30)32-15-10-18-38-41(32)31-14-7-9-17-37(31)43-38/h6-26H,1-5H3;2*4-24H,1-3H3. The van der Waals surface area contributed by atoms with Crippen molar-refractivity contribution in [3.8, 4) is 111 Å². The highest BCUT2D eigenvalue weighted by molar-refractivity contribution is 7.26. The highest BCUT2D eigenvalue weighted by Crippen LogP contribution is 2.60. The number of fused-ring (bicyclic) bond motifs is 24. The van der Waals surface area contributed by atoms with E-state index in [4.69, 9.17) is 0 Å². The van der Waals surface area contributed by atoms with Crippen molar-refractivity contribution in [1.29, 1.82) is 0 Å². The first-order chi connectivity index (χ1) is 63.8. The van der Waals surface area contributed by atoms with Crippen molar-refractivity contribution in [3.05, 3.63) is 443 Å². The molecule has 21 aromatic carbocycles. The number of aryl methyl sites for hydroxylation is 3. The molecule has 0 N–H and O–H groups in total. The third-order valence-corrected chi connectivity index (χ3v) is 32.7. The summed E-state index contributed by atoms with van der Waals surface area (Å²) in [6.45, 7) is 25.6. The van der Waals surface area contributed by atoms with Crippen LogP contribution in [-0.2, 0) is 21.7 Å². The van der Waals surface area contributed by atoms with Crippen molar-refractivity contribution in [2.45, 2.75) is 97.8 Å². The van der Waals surface area contributed by atoms with E-state index in [2.05, 4.69) is 458 Å². The van der Waals surface area contributed by atoms with Crippen LogP contribution in [0.2, 0.25) is 0 Å². The molecule has 0 aliphatic heterocycles. The van der Waals surface area contributed by atoms with E-state index in [9.17, 15) is 0 Å². The Morgan fingerprint density at radius 3 is 0.893 bits per heavy atom. The first-order valence-corrected chi connectivity index (χ1v) is 48.1. The summed E-state index contributed by atoms with van der Waals surface area (Å²) in [5, 5.41) is 21.1. The molecule has 0 saturated carbocycles. The van der Waals surface area contributed by atoms with Crippen LogP contribution < -0.4 is 0 Å². The van der Waals surface area contributed by atoms with Crippen LogP contribution in [-0.4, -0.2) is 0 Å². The maximum atomic E-state index is 2.46. The second-order valence-corrected chi connectivity index (χ2v) is 41.4. The molecule has 0 unspecified atom stereocenters. The smallest absolute Gasteiger partial charge is 0.0434 e. The lowest BCUT2D eigenvalue weighted by atomic mass is 9.76. The van der Waals surface area contributed by atoms with Gasteiger partial charge < -0.3 is 0 Å². The third kappa shape index (κ3) is 11.7. The molecule has 2 heterocycles. The molecule has 131 heavy (non-hydrogen) atoms. The van der Waals surface area contributed by atoms with Gasteiger partial charge in [0.2, 0.25) is 0 Å². The van der Waals surface area contributed by atoms with E-state index >= 15 is 0 Å². The Hall–Kier alpha value is -14.4. The van der Waals surface area contributed by atoms with E-state index in [1.165, 1.54) is 277 Å². The summed E-state index contributed by atoms with van der Waals surface area (Å²) in [6.07, 6.45) is 0. The number of rotatable bonds is 6. The van der Waals surface area contributed by atoms with Gasteiger partial charge >= 0.3 is 0 Å². The molecule has 0 radical (unpaired) electrons. The minimum absolute atomic E-state index is 0.00201. The van der Waals surface area contributed by atoms with Gasteiger partial charge in [0.25, 0.3) is 0 Å². The molecular formula is C129H96S2. The molecule has 23 aromatic rings. The van der Waals surface area contributed by atoms with Crippen LogP contribution in [0, 0.1) is 20.8 Å². The lowest BCUT2D eigenvalue weighted by molar-refractivity contribution is 0.660. The molecule has 0 spiro atoms. The monoisotopic (exact) mass is 1710 g/mol. The van der Waals surface area contributed by atoms with E-state index < -0.39 is 0 Å². The predicted molar refractivity (Wildman–Crippen MR) is 567 cm³/mol. The Morgan fingerprint density at radius 2 is 0.450 bits per heavy atom. The quantitative estimate of drug-likeness (QED) is 0.146. The molecule has 0 amide bonds. The average molecular weight is 1710 g/mol. The Bertz CT molecular complexity index is 8880. The van der Waals surface area contributed by atoms with Gasteiger partial charge in [-0.3, -0.25) is 0 Å². The van der Waals surface area contributed by atoms with Crippen molar-refractivity contribution in [2.75, 3.05) is 0 Å². The molecule has 4 aliphatic rings. The van der Waals surface area contributed by atoms with Crippen LogP contribution in [0.5, 0.6) is 0 Å². The lowest BCUT2D eigenvalue weighted by Crippen LogP contribution is -2.16. The zero-order valence-electron chi connectivity index (χ0n) is 75.7. The van der Waals surface area contributed by atoms with Crippen molar-refractivity contribution in [1.82, 2.24) is 0 Å². The fourth-order valence-electron chi connectivity index (χ4n) is 24.3. The Kier molecular flexibility index (Phi) is 17.6. The van der Waals surface area contributed by atoms with Gasteiger partial charge in [-0.1, -0.05) is 418 Å². The van der Waals surface area contributed by atoms with Gasteiger partial charge in [-0.2, -0.15) is 0 Å². The molecule has 27 rings (SSSR count). The molecule has 4 aliphatic carbocycles. The van der Waals surface area contributed by atoms with Gasteiger partial charge in [0.1, 0.15) is 0 Å². The zero-order chi connectivity index (χ0) is 88.4. The van der Waals surface area contributed by atoms with E-state index in [0.717, 1.165) is 0 Å². The van der Waals surface area contributed by atoms with Gasteiger partial charge in [0.05, 0.1) is 0 Å². The second kappa shape index (κ2) is 29.3. The van der Waals surface area contributed by atoms with Crippen LogP contribution in [0.1, 0.15) is 117 Å². The summed E-state index contributed by atoms with van der Waals surface area (Å²) in [5.74, 6) is 0. The molecule has 0 atom stereocenters. The van der Waals surface area contributed by atoms with E-state index in [-0.39, 0.29) is 21.7 Å². The van der Waals surface area contributed by atoms with Gasteiger partial charge in [0.15, 0.2) is 0 Å². The van der Waals surface area contributed by atoms with Crippen LogP contribution >= 0.6 is 22.7 Å². The minimum atomic E-state index is -0.0977. The molecular weight excluding hydrogens is 1610 g/mol. The maximum Gasteiger partial charge on any atom is 0.0434 e. The predicted octanol–water partition coefficient (Wildman–Crippen LogP) is 36.9. The highest BCUT2D eigenvalue weighted by Gasteiger charge is 2.41. The normalized spacial score (nSPS) is 14.2. The number of thiophene rings is 2. The Labute approximate surface area is 774 Å². The number of hydrogen-bond donors (Lipinski definition) is 0. The van der Waals surface area contributed by atoms with Crippen LogP contribution in [0.25, 0.3) is 216 Å². The molecule has 0 fully saturated rings. The van der Waals surface area contributed by atoms with E-state index in [0.29, 0.717) is 0 Å². The number of benzene rings is 21. The summed E-state index contributed by atoms with van der Waals surface area (Å²) in [5.41, 5.74) is 41.8. The second-order valence-electron chi connectivity index (χ2n) is 39.3. The van der Waals surface area contributed by atoms with Gasteiger partial charge in [-0.05, 0) is 272 Å². The molecule has 2 aromatic heterocycles. The van der Waals surface area contributed by atoms with Gasteiger partial charge in [-0.15, -0.1) is 22.7 Å². The summed E-state index contributed by atoms with van der Waals surface area (Å²) in [6, 6.07) is 144. The molecule has 0 bridgehead atoms. The summed E-state index contributed by atoms with van der Waals surface area (Å²) < 4.78 is 5.38. The van der Waals surface area contributed by atoms with Crippen molar-refractivity contribution in [3.63, 3.8) is 0 Å². The molecule has 2 heteroatoms. The minimum Gasteiger partial charge on any atom is -0.135 e. The van der Waals surface area contributed by atoms with Crippen LogP contribution in [0.4, 0.5) is 0 Å².